The van der Waals surface area contributed by atoms with Crippen LogP contribution >= 0.6 is 0 Å². The molecule has 0 atom stereocenters. The quantitative estimate of drug-likeness (QED) is 0.797. The molecule has 112 valence electrons. The molecule has 0 saturated carbocycles. The predicted molar refractivity (Wildman–Crippen MR) is 75.3 cm³/mol. The van der Waals surface area contributed by atoms with Crippen molar-refractivity contribution in [1.82, 2.24) is 19.7 Å². The molecule has 2 aromatic heterocycles. The first-order valence-corrected chi connectivity index (χ1v) is 6.63. The van der Waals surface area contributed by atoms with Gasteiger partial charge >= 0.3 is 5.97 Å². The van der Waals surface area contributed by atoms with Gasteiger partial charge in [-0.15, -0.1) is 0 Å². The first-order valence-electron chi connectivity index (χ1n) is 6.63. The van der Waals surface area contributed by atoms with Crippen LogP contribution in [0.3, 0.4) is 0 Å². The van der Waals surface area contributed by atoms with Gasteiger partial charge in [0.15, 0.2) is 11.5 Å². The molecule has 0 aliphatic rings. The molecule has 21 heavy (non-hydrogen) atoms. The van der Waals surface area contributed by atoms with E-state index in [1.54, 1.807) is 13.0 Å². The average molecular weight is 291 g/mol. The maximum Gasteiger partial charge on any atom is 0.361 e. The lowest BCUT2D eigenvalue weighted by molar-refractivity contribution is 0.0520. The van der Waals surface area contributed by atoms with E-state index >= 15 is 0 Å². The van der Waals surface area contributed by atoms with Gasteiger partial charge in [-0.25, -0.2) is 19.4 Å². The number of carbonyl (C=O) groups is 1. The molecule has 8 nitrogen and oxygen atoms in total. The fourth-order valence-corrected chi connectivity index (χ4v) is 1.60. The second-order valence-corrected chi connectivity index (χ2v) is 4.16. The molecule has 0 aromatic carbocycles. The summed E-state index contributed by atoms with van der Waals surface area (Å²) >= 11 is 0. The Morgan fingerprint density at radius 3 is 2.90 bits per heavy atom. The summed E-state index contributed by atoms with van der Waals surface area (Å²) in [6, 6.07) is 1.62. The minimum atomic E-state index is -0.565. The molecular weight excluding hydrogens is 274 g/mol. The molecular formula is C13H17N5O3. The number of hydrogen-bond donors (Lipinski definition) is 1. The van der Waals surface area contributed by atoms with Crippen molar-refractivity contribution in [3.05, 3.63) is 24.3 Å². The predicted octanol–water partition coefficient (Wildman–Crippen LogP) is 1.21. The number of ether oxygens (including phenoxy) is 2. The van der Waals surface area contributed by atoms with Crippen LogP contribution in [0.4, 0.5) is 5.69 Å². The molecule has 2 N–H and O–H groups in total. The second kappa shape index (κ2) is 6.69. The highest BCUT2D eigenvalue weighted by Crippen LogP contribution is 2.16. The van der Waals surface area contributed by atoms with Crippen molar-refractivity contribution in [2.45, 2.75) is 20.3 Å². The first kappa shape index (κ1) is 14.8. The molecule has 0 spiro atoms. The lowest BCUT2D eigenvalue weighted by Gasteiger charge is -2.04. The first-order chi connectivity index (χ1) is 10.2. The fourth-order valence-electron chi connectivity index (χ4n) is 1.60. The molecule has 8 heteroatoms. The van der Waals surface area contributed by atoms with Crippen LogP contribution in [0, 0.1) is 0 Å². The minimum Gasteiger partial charge on any atom is -0.478 e. The zero-order chi connectivity index (χ0) is 15.2. The lowest BCUT2D eigenvalue weighted by Crippen LogP contribution is -2.09. The summed E-state index contributed by atoms with van der Waals surface area (Å²) < 4.78 is 11.7. The zero-order valence-electron chi connectivity index (χ0n) is 11.9. The van der Waals surface area contributed by atoms with Crippen LogP contribution in [-0.4, -0.2) is 38.9 Å². The summed E-state index contributed by atoms with van der Waals surface area (Å²) in [4.78, 5) is 19.8. The highest BCUT2D eigenvalue weighted by Gasteiger charge is 2.17. The van der Waals surface area contributed by atoms with Crippen LogP contribution in [0.2, 0.25) is 0 Å². The Morgan fingerprint density at radius 2 is 2.19 bits per heavy atom. The summed E-state index contributed by atoms with van der Waals surface area (Å²) in [7, 11) is 0. The number of aromatic nitrogens is 4. The van der Waals surface area contributed by atoms with E-state index in [1.165, 1.54) is 17.2 Å². The molecule has 0 aliphatic carbocycles. The van der Waals surface area contributed by atoms with E-state index in [1.807, 2.05) is 6.92 Å². The van der Waals surface area contributed by atoms with Gasteiger partial charge in [0.1, 0.15) is 6.33 Å². The molecule has 2 rings (SSSR count). The highest BCUT2D eigenvalue weighted by molar-refractivity contribution is 5.92. The van der Waals surface area contributed by atoms with Crippen LogP contribution in [-0.2, 0) is 4.74 Å². The van der Waals surface area contributed by atoms with Crippen LogP contribution in [0.15, 0.2) is 18.6 Å². The van der Waals surface area contributed by atoms with E-state index in [9.17, 15) is 4.79 Å². The Morgan fingerprint density at radius 1 is 1.38 bits per heavy atom. The average Bonchev–Trinajstić information content (AvgIpc) is 2.88. The molecule has 0 bridgehead atoms. The van der Waals surface area contributed by atoms with Crippen LogP contribution in [0.5, 0.6) is 5.88 Å². The number of hydrogen-bond acceptors (Lipinski definition) is 7. The third-order valence-electron chi connectivity index (χ3n) is 2.53. The van der Waals surface area contributed by atoms with Crippen molar-refractivity contribution < 1.29 is 14.3 Å². The Bertz CT molecular complexity index is 626. The number of rotatable bonds is 6. The van der Waals surface area contributed by atoms with Gasteiger partial charge in [-0.1, -0.05) is 6.92 Å². The normalized spacial score (nSPS) is 10.4. The Balaban J connectivity index is 2.26. The molecule has 0 fully saturated rings. The molecule has 0 unspecified atom stereocenters. The van der Waals surface area contributed by atoms with E-state index < -0.39 is 5.97 Å². The van der Waals surface area contributed by atoms with Crippen LogP contribution in [0.1, 0.15) is 30.8 Å². The lowest BCUT2D eigenvalue weighted by atomic mass is 10.4. The third-order valence-corrected chi connectivity index (χ3v) is 2.53. The van der Waals surface area contributed by atoms with Gasteiger partial charge in [-0.2, -0.15) is 5.10 Å². The molecule has 0 saturated heterocycles. The number of nitrogens with two attached hydrogens (primary N) is 1. The van der Waals surface area contributed by atoms with Crippen molar-refractivity contribution >= 4 is 11.7 Å². The maximum absolute atomic E-state index is 11.7. The van der Waals surface area contributed by atoms with E-state index in [-0.39, 0.29) is 18.0 Å². The van der Waals surface area contributed by atoms with Gasteiger partial charge in [0, 0.05) is 6.07 Å². The molecule has 0 aliphatic heterocycles. The van der Waals surface area contributed by atoms with Crippen molar-refractivity contribution in [3.8, 4) is 11.7 Å². The smallest absolute Gasteiger partial charge is 0.361 e. The Kier molecular flexibility index (Phi) is 4.70. The van der Waals surface area contributed by atoms with E-state index in [0.717, 1.165) is 6.42 Å². The van der Waals surface area contributed by atoms with Crippen molar-refractivity contribution in [3.63, 3.8) is 0 Å². The maximum atomic E-state index is 11.7. The molecule has 2 heterocycles. The standard InChI is InChI=1S/C13H17N5O3/c1-3-5-21-11-6-10(15-8-16-11)18-7-9(14)12(17-18)13(19)20-4-2/h6-8H,3-5,14H2,1-2H3. The van der Waals surface area contributed by atoms with E-state index in [4.69, 9.17) is 15.2 Å². The van der Waals surface area contributed by atoms with Gasteiger partial charge in [0.25, 0.3) is 0 Å². The van der Waals surface area contributed by atoms with Gasteiger partial charge in [-0.05, 0) is 13.3 Å². The SMILES string of the molecule is CCCOc1cc(-n2cc(N)c(C(=O)OCC)n2)ncn1. The van der Waals surface area contributed by atoms with E-state index in [0.29, 0.717) is 18.3 Å². The number of carbonyl (C=O) groups excluding carboxylic acids is 1. The minimum absolute atomic E-state index is 0.0616. The third kappa shape index (κ3) is 3.47. The molecule has 2 aromatic rings. The zero-order valence-corrected chi connectivity index (χ0v) is 11.9. The van der Waals surface area contributed by atoms with Gasteiger partial charge < -0.3 is 15.2 Å². The van der Waals surface area contributed by atoms with Crippen molar-refractivity contribution in [2.24, 2.45) is 0 Å². The highest BCUT2D eigenvalue weighted by atomic mass is 16.5. The number of anilines is 1. The summed E-state index contributed by atoms with van der Waals surface area (Å²) in [5.41, 5.74) is 6.06. The van der Waals surface area contributed by atoms with Crippen molar-refractivity contribution in [1.29, 1.82) is 0 Å². The van der Waals surface area contributed by atoms with Gasteiger partial charge in [-0.3, -0.25) is 0 Å². The fraction of sp³-hybridized carbons (Fsp3) is 0.385. The summed E-state index contributed by atoms with van der Waals surface area (Å²) in [6.45, 7) is 4.54. The summed E-state index contributed by atoms with van der Waals surface area (Å²) in [6.07, 6.45) is 3.74. The summed E-state index contributed by atoms with van der Waals surface area (Å²) in [5.74, 6) is 0.331. The van der Waals surface area contributed by atoms with Crippen LogP contribution < -0.4 is 10.5 Å². The Hall–Kier alpha value is -2.64. The monoisotopic (exact) mass is 291 g/mol. The van der Waals surface area contributed by atoms with Gasteiger partial charge in [0.2, 0.25) is 5.88 Å². The second-order valence-electron chi connectivity index (χ2n) is 4.16. The largest absolute Gasteiger partial charge is 0.478 e. The topological polar surface area (TPSA) is 105 Å². The summed E-state index contributed by atoms with van der Waals surface area (Å²) in [5, 5.41) is 4.09. The van der Waals surface area contributed by atoms with Crippen LogP contribution in [0.25, 0.3) is 5.82 Å². The molecule has 0 radical (unpaired) electrons. The van der Waals surface area contributed by atoms with Gasteiger partial charge in [0.05, 0.1) is 25.1 Å². The Labute approximate surface area is 121 Å². The number of esters is 1. The molecule has 0 amide bonds. The number of nitrogens with zero attached hydrogens (tertiary/aromatic N) is 4. The number of nitrogen functional groups attached to an aromatic ring is 1. The van der Waals surface area contributed by atoms with Crippen molar-refractivity contribution in [2.75, 3.05) is 18.9 Å². The van der Waals surface area contributed by atoms with E-state index in [2.05, 4.69) is 15.1 Å².